The zero-order valence-corrected chi connectivity index (χ0v) is 24.5. The molecule has 0 bridgehead atoms. The lowest BCUT2D eigenvalue weighted by atomic mass is 9.78. The van der Waals surface area contributed by atoms with Crippen molar-refractivity contribution in [2.24, 2.45) is 0 Å². The SMILES string of the molecule is Cc1cc(C)c(C2c3ccccc3Sc3cc4c(cc32)-c2ccccc2C4c2c(C)cc(C)cc2C)c(C)c1. The van der Waals surface area contributed by atoms with Crippen molar-refractivity contribution in [3.8, 4) is 11.1 Å². The minimum absolute atomic E-state index is 0.234. The van der Waals surface area contributed by atoms with Gasteiger partial charge in [0.25, 0.3) is 0 Å². The molecule has 1 aliphatic heterocycles. The molecule has 1 heteroatoms. The van der Waals surface area contributed by atoms with Crippen LogP contribution in [-0.2, 0) is 0 Å². The van der Waals surface area contributed by atoms with Gasteiger partial charge in [-0.15, -0.1) is 0 Å². The number of benzene rings is 5. The summed E-state index contributed by atoms with van der Waals surface area (Å²) in [6, 6.07) is 32.7. The zero-order chi connectivity index (χ0) is 27.0. The number of hydrogen-bond acceptors (Lipinski definition) is 1. The third kappa shape index (κ3) is 3.74. The second-order valence-electron chi connectivity index (χ2n) is 11.7. The second-order valence-corrected chi connectivity index (χ2v) is 12.8. The van der Waals surface area contributed by atoms with E-state index in [9.17, 15) is 0 Å². The van der Waals surface area contributed by atoms with E-state index < -0.39 is 0 Å². The third-order valence-corrected chi connectivity index (χ3v) is 10.0. The molecular formula is C38H34S. The Labute approximate surface area is 237 Å². The Morgan fingerprint density at radius 2 is 0.949 bits per heavy atom. The molecule has 2 aliphatic rings. The fourth-order valence-corrected chi connectivity index (χ4v) is 8.74. The highest BCUT2D eigenvalue weighted by Crippen LogP contribution is 2.56. The third-order valence-electron chi connectivity index (χ3n) is 8.87. The molecule has 0 saturated carbocycles. The molecule has 0 aromatic heterocycles. The van der Waals surface area contributed by atoms with E-state index in [1.807, 2.05) is 11.8 Å². The summed E-state index contributed by atoms with van der Waals surface area (Å²) in [5.74, 6) is 0.499. The Balaban J connectivity index is 1.52. The standard InChI is InChI=1S/C38H34S/c1-21-15-23(3)35(24(4)16-21)37-28-12-8-7-11-27(28)30-19-32-34(20-31(30)37)39-33-14-10-9-13-29(33)38(32)36-25(5)17-22(2)18-26(36)6/h7-20,37-38H,1-6H3. The molecule has 0 fully saturated rings. The molecule has 2 atom stereocenters. The molecule has 39 heavy (non-hydrogen) atoms. The fourth-order valence-electron chi connectivity index (χ4n) is 7.57. The van der Waals surface area contributed by atoms with Gasteiger partial charge in [-0.25, -0.2) is 0 Å². The van der Waals surface area contributed by atoms with E-state index in [1.54, 1.807) is 0 Å². The van der Waals surface area contributed by atoms with Gasteiger partial charge in [0.2, 0.25) is 0 Å². The van der Waals surface area contributed by atoms with E-state index in [-0.39, 0.29) is 11.8 Å². The van der Waals surface area contributed by atoms with Gasteiger partial charge in [0.1, 0.15) is 0 Å². The van der Waals surface area contributed by atoms with E-state index in [1.165, 1.54) is 87.7 Å². The summed E-state index contributed by atoms with van der Waals surface area (Å²) < 4.78 is 0. The maximum Gasteiger partial charge on any atom is 0.0367 e. The van der Waals surface area contributed by atoms with Crippen LogP contribution >= 0.6 is 11.8 Å². The number of hydrogen-bond donors (Lipinski definition) is 0. The van der Waals surface area contributed by atoms with E-state index >= 15 is 0 Å². The summed E-state index contributed by atoms with van der Waals surface area (Å²) in [6.07, 6.45) is 0. The summed E-state index contributed by atoms with van der Waals surface area (Å²) in [5.41, 5.74) is 19.7. The Morgan fingerprint density at radius 3 is 1.56 bits per heavy atom. The highest BCUT2D eigenvalue weighted by Gasteiger charge is 2.36. The van der Waals surface area contributed by atoms with Crippen LogP contribution in [0.1, 0.15) is 78.6 Å². The highest BCUT2D eigenvalue weighted by molar-refractivity contribution is 7.99. The minimum atomic E-state index is 0.234. The Bertz CT molecular complexity index is 1760. The molecule has 1 aliphatic carbocycles. The van der Waals surface area contributed by atoms with Crippen LogP contribution < -0.4 is 0 Å². The van der Waals surface area contributed by atoms with E-state index in [0.717, 1.165) is 0 Å². The smallest absolute Gasteiger partial charge is 0.0367 e. The van der Waals surface area contributed by atoms with Crippen LogP contribution in [0.15, 0.2) is 94.7 Å². The maximum absolute atomic E-state index is 2.55. The topological polar surface area (TPSA) is 0 Å². The first-order valence-corrected chi connectivity index (χ1v) is 14.8. The zero-order valence-electron chi connectivity index (χ0n) is 23.6. The molecule has 0 radical (unpaired) electrons. The molecule has 2 unspecified atom stereocenters. The van der Waals surface area contributed by atoms with Crippen LogP contribution in [0.3, 0.4) is 0 Å². The minimum Gasteiger partial charge on any atom is -0.0894 e. The number of rotatable bonds is 2. The molecule has 5 aromatic rings. The fraction of sp³-hybridized carbons (Fsp3) is 0.211. The Kier molecular flexibility index (Phi) is 5.65. The van der Waals surface area contributed by atoms with Crippen molar-refractivity contribution >= 4 is 11.8 Å². The molecule has 5 aromatic carbocycles. The first kappa shape index (κ1) is 24.5. The van der Waals surface area contributed by atoms with E-state index in [2.05, 4.69) is 126 Å². The van der Waals surface area contributed by atoms with Gasteiger partial charge in [-0.2, -0.15) is 0 Å². The average Bonchev–Trinajstić information content (AvgIpc) is 3.19. The molecule has 0 amide bonds. The van der Waals surface area contributed by atoms with Crippen LogP contribution in [0.2, 0.25) is 0 Å². The van der Waals surface area contributed by atoms with Crippen molar-refractivity contribution in [3.05, 3.63) is 152 Å². The molecule has 0 N–H and O–H groups in total. The van der Waals surface area contributed by atoms with Crippen molar-refractivity contribution in [1.29, 1.82) is 0 Å². The lowest BCUT2D eigenvalue weighted by molar-refractivity contribution is 0.875. The van der Waals surface area contributed by atoms with Crippen LogP contribution in [0.25, 0.3) is 11.1 Å². The largest absolute Gasteiger partial charge is 0.0894 e. The predicted octanol–water partition coefficient (Wildman–Crippen LogP) is 10.3. The summed E-state index contributed by atoms with van der Waals surface area (Å²) >= 11 is 1.95. The van der Waals surface area contributed by atoms with Crippen LogP contribution in [0.4, 0.5) is 0 Å². The first-order valence-electron chi connectivity index (χ1n) is 14.0. The van der Waals surface area contributed by atoms with Gasteiger partial charge in [-0.05, 0) is 127 Å². The van der Waals surface area contributed by atoms with Crippen molar-refractivity contribution < 1.29 is 0 Å². The lowest BCUT2D eigenvalue weighted by Crippen LogP contribution is -2.14. The first-order chi connectivity index (χ1) is 18.8. The molecule has 1 heterocycles. The quantitative estimate of drug-likeness (QED) is 0.218. The number of fused-ring (bicyclic) bond motifs is 5. The predicted molar refractivity (Wildman–Crippen MR) is 166 cm³/mol. The summed E-state index contributed by atoms with van der Waals surface area (Å²) in [6.45, 7) is 13.6. The summed E-state index contributed by atoms with van der Waals surface area (Å²) in [4.78, 5) is 2.78. The van der Waals surface area contributed by atoms with Crippen LogP contribution in [-0.4, -0.2) is 0 Å². The molecule has 0 saturated heterocycles. The second kappa shape index (κ2) is 9.00. The van der Waals surface area contributed by atoms with Gasteiger partial charge < -0.3 is 0 Å². The van der Waals surface area contributed by atoms with Crippen molar-refractivity contribution in [2.75, 3.05) is 0 Å². The lowest BCUT2D eigenvalue weighted by Gasteiger charge is -2.32. The molecule has 0 nitrogen and oxygen atoms in total. The van der Waals surface area contributed by atoms with Gasteiger partial charge in [0, 0.05) is 21.6 Å². The summed E-state index contributed by atoms with van der Waals surface area (Å²) in [5, 5.41) is 0. The molecule has 7 rings (SSSR count). The van der Waals surface area contributed by atoms with Gasteiger partial charge >= 0.3 is 0 Å². The van der Waals surface area contributed by atoms with Crippen molar-refractivity contribution in [2.45, 2.75) is 63.2 Å². The van der Waals surface area contributed by atoms with Gasteiger partial charge in [-0.1, -0.05) is 89.6 Å². The van der Waals surface area contributed by atoms with Crippen molar-refractivity contribution in [3.63, 3.8) is 0 Å². The van der Waals surface area contributed by atoms with Gasteiger partial charge in [-0.3, -0.25) is 0 Å². The van der Waals surface area contributed by atoms with Crippen molar-refractivity contribution in [1.82, 2.24) is 0 Å². The number of aryl methyl sites for hydroxylation is 6. The van der Waals surface area contributed by atoms with Gasteiger partial charge in [0.05, 0.1) is 0 Å². The van der Waals surface area contributed by atoms with Crippen LogP contribution in [0, 0.1) is 41.5 Å². The monoisotopic (exact) mass is 522 g/mol. The highest BCUT2D eigenvalue weighted by atomic mass is 32.2. The van der Waals surface area contributed by atoms with Gasteiger partial charge in [0.15, 0.2) is 0 Å². The van der Waals surface area contributed by atoms with E-state index in [4.69, 9.17) is 0 Å². The molecular weight excluding hydrogens is 488 g/mol. The van der Waals surface area contributed by atoms with Crippen LogP contribution in [0.5, 0.6) is 0 Å². The summed E-state index contributed by atoms with van der Waals surface area (Å²) in [7, 11) is 0. The average molecular weight is 523 g/mol. The van der Waals surface area contributed by atoms with E-state index in [0.29, 0.717) is 0 Å². The molecule has 192 valence electrons. The Hall–Kier alpha value is -3.55. The normalized spacial score (nSPS) is 16.9. The maximum atomic E-state index is 2.55. The Morgan fingerprint density at radius 1 is 0.436 bits per heavy atom. The molecule has 0 spiro atoms.